The molecule has 1 aliphatic heterocycles. The molecule has 0 spiro atoms. The fourth-order valence-electron chi connectivity index (χ4n) is 4.25. The summed E-state index contributed by atoms with van der Waals surface area (Å²) in [6.07, 6.45) is 5.31. The topological polar surface area (TPSA) is 78.7 Å². The molecule has 1 N–H and O–H groups in total. The van der Waals surface area contributed by atoms with Gasteiger partial charge in [0.05, 0.1) is 11.6 Å². The average molecular weight is 442 g/mol. The van der Waals surface area contributed by atoms with Crippen LogP contribution in [0, 0.1) is 0 Å². The minimum atomic E-state index is -0.136. The number of aromatic nitrogens is 4. The van der Waals surface area contributed by atoms with Crippen molar-refractivity contribution in [2.24, 2.45) is 0 Å². The molecule has 1 saturated heterocycles. The van der Waals surface area contributed by atoms with Crippen LogP contribution in [0.5, 0.6) is 0 Å². The normalized spacial score (nSPS) is 17.3. The third-order valence-electron chi connectivity index (χ3n) is 6.15. The molecular formula is C25H27N7O. The maximum Gasteiger partial charge on any atom is 0.253 e. The van der Waals surface area contributed by atoms with Crippen molar-refractivity contribution in [1.82, 2.24) is 34.7 Å². The molecule has 1 fully saturated rings. The van der Waals surface area contributed by atoms with E-state index in [4.69, 9.17) is 0 Å². The van der Waals surface area contributed by atoms with Gasteiger partial charge in [-0.3, -0.25) is 24.0 Å². The van der Waals surface area contributed by atoms with Crippen molar-refractivity contribution in [3.05, 3.63) is 95.7 Å². The SMILES string of the molecule is CN1CCN(Cc2ccccc2)CC1c1nnc2ccc(C(=O)NCc3cccnc3)cn12. The minimum absolute atomic E-state index is 0.0890. The molecule has 0 radical (unpaired) electrons. The molecule has 4 heterocycles. The van der Waals surface area contributed by atoms with E-state index in [1.54, 1.807) is 18.5 Å². The monoisotopic (exact) mass is 441 g/mol. The van der Waals surface area contributed by atoms with E-state index < -0.39 is 0 Å². The van der Waals surface area contributed by atoms with Crippen molar-refractivity contribution < 1.29 is 4.79 Å². The van der Waals surface area contributed by atoms with Gasteiger partial charge in [-0.05, 0) is 36.4 Å². The molecule has 3 aromatic heterocycles. The molecule has 8 heteroatoms. The summed E-state index contributed by atoms with van der Waals surface area (Å²) in [5.74, 6) is 0.718. The Labute approximate surface area is 192 Å². The predicted octanol–water partition coefficient (Wildman–Crippen LogP) is 2.54. The lowest BCUT2D eigenvalue weighted by atomic mass is 10.1. The van der Waals surface area contributed by atoms with Gasteiger partial charge in [0, 0.05) is 51.3 Å². The van der Waals surface area contributed by atoms with Crippen LogP contribution < -0.4 is 5.32 Å². The molecule has 1 amide bonds. The van der Waals surface area contributed by atoms with Crippen LogP contribution in [0.4, 0.5) is 0 Å². The second-order valence-corrected chi connectivity index (χ2v) is 8.47. The number of likely N-dealkylation sites (N-methyl/N-ethyl adjacent to an activating group) is 1. The van der Waals surface area contributed by atoms with Crippen molar-refractivity contribution in [3.8, 4) is 0 Å². The Hall–Kier alpha value is -3.62. The number of nitrogens with zero attached hydrogens (tertiary/aromatic N) is 6. The second kappa shape index (κ2) is 9.48. The Morgan fingerprint density at radius 3 is 2.70 bits per heavy atom. The van der Waals surface area contributed by atoms with Gasteiger partial charge in [-0.25, -0.2) is 0 Å². The van der Waals surface area contributed by atoms with E-state index in [-0.39, 0.29) is 11.9 Å². The molecule has 1 aromatic carbocycles. The first kappa shape index (κ1) is 21.2. The summed E-state index contributed by atoms with van der Waals surface area (Å²) in [5, 5.41) is 11.8. The number of carbonyl (C=O) groups excluding carboxylic acids is 1. The van der Waals surface area contributed by atoms with Crippen LogP contribution in [0.1, 0.15) is 33.4 Å². The van der Waals surface area contributed by atoms with Gasteiger partial charge in [0.2, 0.25) is 0 Å². The number of pyridine rings is 2. The lowest BCUT2D eigenvalue weighted by Gasteiger charge is -2.38. The van der Waals surface area contributed by atoms with Gasteiger partial charge >= 0.3 is 0 Å². The summed E-state index contributed by atoms with van der Waals surface area (Å²) in [5.41, 5.74) is 3.58. The number of piperazine rings is 1. The van der Waals surface area contributed by atoms with E-state index in [0.717, 1.165) is 43.2 Å². The van der Waals surface area contributed by atoms with E-state index in [0.29, 0.717) is 12.1 Å². The molecule has 8 nitrogen and oxygen atoms in total. The largest absolute Gasteiger partial charge is 0.348 e. The van der Waals surface area contributed by atoms with E-state index in [1.807, 2.05) is 34.9 Å². The zero-order chi connectivity index (χ0) is 22.6. The average Bonchev–Trinajstić information content (AvgIpc) is 3.28. The molecule has 5 rings (SSSR count). The van der Waals surface area contributed by atoms with E-state index in [2.05, 4.69) is 61.6 Å². The number of amides is 1. The Morgan fingerprint density at radius 1 is 1.03 bits per heavy atom. The molecule has 168 valence electrons. The molecule has 1 unspecified atom stereocenters. The summed E-state index contributed by atoms with van der Waals surface area (Å²) in [6.45, 7) is 4.13. The summed E-state index contributed by atoms with van der Waals surface area (Å²) in [7, 11) is 2.12. The van der Waals surface area contributed by atoms with Gasteiger partial charge in [-0.2, -0.15) is 0 Å². The third kappa shape index (κ3) is 4.76. The molecule has 0 saturated carbocycles. The van der Waals surface area contributed by atoms with Gasteiger partial charge in [0.25, 0.3) is 5.91 Å². The number of hydrogen-bond acceptors (Lipinski definition) is 6. The summed E-state index contributed by atoms with van der Waals surface area (Å²) in [4.78, 5) is 21.6. The molecular weight excluding hydrogens is 414 g/mol. The molecule has 0 bridgehead atoms. The van der Waals surface area contributed by atoms with Crippen LogP contribution in [-0.2, 0) is 13.1 Å². The van der Waals surface area contributed by atoms with Gasteiger partial charge in [0.15, 0.2) is 11.5 Å². The Bertz CT molecular complexity index is 1230. The number of rotatable bonds is 6. The zero-order valence-corrected chi connectivity index (χ0v) is 18.6. The Kier molecular flexibility index (Phi) is 6.10. The zero-order valence-electron chi connectivity index (χ0n) is 18.6. The molecule has 1 aliphatic rings. The number of benzene rings is 1. The number of nitrogens with one attached hydrogen (secondary N) is 1. The lowest BCUT2D eigenvalue weighted by molar-refractivity contribution is 0.0852. The summed E-state index contributed by atoms with van der Waals surface area (Å²) in [6, 6.07) is 18.1. The van der Waals surface area contributed by atoms with Crippen molar-refractivity contribution in [2.75, 3.05) is 26.7 Å². The summed E-state index contributed by atoms with van der Waals surface area (Å²) < 4.78 is 1.95. The predicted molar refractivity (Wildman–Crippen MR) is 125 cm³/mol. The molecule has 1 atom stereocenters. The number of hydrogen-bond donors (Lipinski definition) is 1. The van der Waals surface area contributed by atoms with Crippen LogP contribution in [0.15, 0.2) is 73.2 Å². The Balaban J connectivity index is 1.34. The van der Waals surface area contributed by atoms with Gasteiger partial charge < -0.3 is 5.32 Å². The quantitative estimate of drug-likeness (QED) is 0.496. The highest BCUT2D eigenvalue weighted by Gasteiger charge is 2.29. The fraction of sp³-hybridized carbons (Fsp3) is 0.280. The van der Waals surface area contributed by atoms with Crippen molar-refractivity contribution in [2.45, 2.75) is 19.1 Å². The molecule has 0 aliphatic carbocycles. The highest BCUT2D eigenvalue weighted by atomic mass is 16.1. The smallest absolute Gasteiger partial charge is 0.253 e. The first-order valence-electron chi connectivity index (χ1n) is 11.2. The number of carbonyl (C=O) groups is 1. The summed E-state index contributed by atoms with van der Waals surface area (Å²) >= 11 is 0. The van der Waals surface area contributed by atoms with E-state index in [1.165, 1.54) is 5.56 Å². The van der Waals surface area contributed by atoms with Crippen LogP contribution in [0.3, 0.4) is 0 Å². The Morgan fingerprint density at radius 2 is 1.88 bits per heavy atom. The first-order chi connectivity index (χ1) is 16.2. The van der Waals surface area contributed by atoms with E-state index >= 15 is 0 Å². The maximum atomic E-state index is 12.8. The van der Waals surface area contributed by atoms with Gasteiger partial charge in [-0.15, -0.1) is 10.2 Å². The third-order valence-corrected chi connectivity index (χ3v) is 6.15. The molecule has 4 aromatic rings. The minimum Gasteiger partial charge on any atom is -0.348 e. The highest BCUT2D eigenvalue weighted by Crippen LogP contribution is 2.24. The van der Waals surface area contributed by atoms with Crippen LogP contribution in [0.2, 0.25) is 0 Å². The van der Waals surface area contributed by atoms with Gasteiger partial charge in [-0.1, -0.05) is 36.4 Å². The lowest BCUT2D eigenvalue weighted by Crippen LogP contribution is -2.46. The van der Waals surface area contributed by atoms with Crippen LogP contribution >= 0.6 is 0 Å². The van der Waals surface area contributed by atoms with Crippen LogP contribution in [0.25, 0.3) is 5.65 Å². The number of fused-ring (bicyclic) bond motifs is 1. The van der Waals surface area contributed by atoms with Crippen molar-refractivity contribution in [1.29, 1.82) is 0 Å². The maximum absolute atomic E-state index is 12.8. The van der Waals surface area contributed by atoms with Gasteiger partial charge in [0.1, 0.15) is 0 Å². The highest BCUT2D eigenvalue weighted by molar-refractivity contribution is 5.94. The van der Waals surface area contributed by atoms with Crippen LogP contribution in [-0.4, -0.2) is 62.0 Å². The van der Waals surface area contributed by atoms with E-state index in [9.17, 15) is 4.79 Å². The first-order valence-corrected chi connectivity index (χ1v) is 11.2. The van der Waals surface area contributed by atoms with Crippen molar-refractivity contribution in [3.63, 3.8) is 0 Å². The van der Waals surface area contributed by atoms with Crippen molar-refractivity contribution >= 4 is 11.6 Å². The standard InChI is InChI=1S/C25H27N7O/c1-30-12-13-31(16-19-6-3-2-4-7-19)18-22(30)24-29-28-23-10-9-21(17-32(23)24)25(33)27-15-20-8-5-11-26-14-20/h2-11,14,17,22H,12-13,15-16,18H2,1H3,(H,27,33). The fourth-order valence-corrected chi connectivity index (χ4v) is 4.25. The second-order valence-electron chi connectivity index (χ2n) is 8.47. The molecule has 33 heavy (non-hydrogen) atoms.